The van der Waals surface area contributed by atoms with Crippen molar-refractivity contribution in [2.45, 2.75) is 29.8 Å². The Labute approximate surface area is 154 Å². The Morgan fingerprint density at radius 2 is 1.67 bits per heavy atom. The molecule has 1 aliphatic carbocycles. The molecule has 1 aliphatic heterocycles. The smallest absolute Gasteiger partial charge is 0.339 e. The Hall–Kier alpha value is -2.17. The minimum atomic E-state index is -5.75. The van der Waals surface area contributed by atoms with Gasteiger partial charge < -0.3 is 9.80 Å². The Morgan fingerprint density at radius 1 is 1.07 bits per heavy atom. The summed E-state index contributed by atoms with van der Waals surface area (Å²) in [7, 11) is -5.75. The van der Waals surface area contributed by atoms with Crippen molar-refractivity contribution in [3.8, 4) is 0 Å². The van der Waals surface area contributed by atoms with Crippen LogP contribution in [-0.4, -0.2) is 66.7 Å². The van der Waals surface area contributed by atoms with Gasteiger partial charge in [-0.05, 0) is 25.0 Å². The highest BCUT2D eigenvalue weighted by Gasteiger charge is 2.50. The summed E-state index contributed by atoms with van der Waals surface area (Å²) < 4.78 is 62.0. The maximum atomic E-state index is 12.9. The summed E-state index contributed by atoms with van der Waals surface area (Å²) in [5.41, 5.74) is -6.17. The van der Waals surface area contributed by atoms with E-state index >= 15 is 0 Å². The van der Waals surface area contributed by atoms with Crippen molar-refractivity contribution in [2.24, 2.45) is 5.92 Å². The predicted octanol–water partition coefficient (Wildman–Crippen LogP) is 1.46. The van der Waals surface area contributed by atoms with Crippen LogP contribution in [0.25, 0.3) is 0 Å². The van der Waals surface area contributed by atoms with Gasteiger partial charge >= 0.3 is 5.51 Å². The van der Waals surface area contributed by atoms with Crippen LogP contribution in [0.5, 0.6) is 0 Å². The first kappa shape index (κ1) is 19.6. The third-order valence-corrected chi connectivity index (χ3v) is 6.34. The van der Waals surface area contributed by atoms with Crippen LogP contribution in [-0.2, 0) is 14.6 Å². The monoisotopic (exact) mass is 405 g/mol. The largest absolute Gasteiger partial charge is 0.503 e. The molecule has 148 valence electrons. The van der Waals surface area contributed by atoms with Crippen LogP contribution in [0.4, 0.5) is 13.2 Å². The summed E-state index contributed by atoms with van der Waals surface area (Å²) in [6.45, 7) is 0.779. The lowest BCUT2D eigenvalue weighted by Gasteiger charge is -2.38. The molecule has 1 saturated carbocycles. The summed E-state index contributed by atoms with van der Waals surface area (Å²) in [5.74, 6) is -0.786. The third-order valence-electron chi connectivity index (χ3n) is 4.89. The molecule has 2 aliphatic rings. The van der Waals surface area contributed by atoms with Crippen LogP contribution < -0.4 is 0 Å². The van der Waals surface area contributed by atoms with Crippen LogP contribution >= 0.6 is 0 Å². The molecule has 2 heterocycles. The van der Waals surface area contributed by atoms with E-state index in [-0.39, 0.29) is 38.0 Å². The van der Waals surface area contributed by atoms with Crippen molar-refractivity contribution in [3.63, 3.8) is 0 Å². The quantitative estimate of drug-likeness (QED) is 0.760. The van der Waals surface area contributed by atoms with E-state index in [0.717, 1.165) is 31.5 Å². The number of pyridine rings is 1. The fraction of sp³-hybridized carbons (Fsp3) is 0.562. The molecule has 2 amide bonds. The highest BCUT2D eigenvalue weighted by Crippen LogP contribution is 2.32. The maximum Gasteiger partial charge on any atom is 0.503 e. The van der Waals surface area contributed by atoms with E-state index in [9.17, 15) is 31.2 Å². The number of sulfone groups is 1. The summed E-state index contributed by atoms with van der Waals surface area (Å²) in [6, 6.07) is 2.22. The number of nitrogens with zero attached hydrogens (tertiary/aromatic N) is 3. The Kier molecular flexibility index (Phi) is 5.15. The molecule has 2 fully saturated rings. The fourth-order valence-electron chi connectivity index (χ4n) is 3.09. The van der Waals surface area contributed by atoms with Crippen molar-refractivity contribution >= 4 is 21.7 Å². The first-order valence-electron chi connectivity index (χ1n) is 8.47. The molecular formula is C16H18F3N3O4S. The lowest BCUT2D eigenvalue weighted by molar-refractivity contribution is -0.139. The molecule has 27 heavy (non-hydrogen) atoms. The highest BCUT2D eigenvalue weighted by molar-refractivity contribution is 7.92. The molecule has 1 aromatic rings. The lowest BCUT2D eigenvalue weighted by Crippen LogP contribution is -2.52. The van der Waals surface area contributed by atoms with Crippen molar-refractivity contribution in [1.29, 1.82) is 0 Å². The summed E-state index contributed by atoms with van der Waals surface area (Å²) in [5, 5.41) is -1.30. The zero-order valence-corrected chi connectivity index (χ0v) is 15.1. The number of amides is 2. The van der Waals surface area contributed by atoms with Gasteiger partial charge in [0.15, 0.2) is 5.03 Å². The number of piperazine rings is 1. The summed E-state index contributed by atoms with van der Waals surface area (Å²) in [4.78, 5) is 31.0. The fourth-order valence-corrected chi connectivity index (χ4v) is 3.95. The molecule has 0 spiro atoms. The van der Waals surface area contributed by atoms with Gasteiger partial charge in [-0.2, -0.15) is 13.2 Å². The van der Waals surface area contributed by atoms with Crippen LogP contribution in [0.15, 0.2) is 23.4 Å². The van der Waals surface area contributed by atoms with E-state index in [1.165, 1.54) is 11.0 Å². The minimum absolute atomic E-state index is 0.0223. The molecule has 0 aromatic carbocycles. The first-order chi connectivity index (χ1) is 12.6. The van der Waals surface area contributed by atoms with Crippen molar-refractivity contribution in [3.05, 3.63) is 23.9 Å². The third kappa shape index (κ3) is 3.64. The van der Waals surface area contributed by atoms with Gasteiger partial charge in [0.25, 0.3) is 15.7 Å². The van der Waals surface area contributed by atoms with E-state index in [1.54, 1.807) is 4.90 Å². The van der Waals surface area contributed by atoms with Crippen molar-refractivity contribution < 1.29 is 31.2 Å². The maximum absolute atomic E-state index is 12.9. The van der Waals surface area contributed by atoms with Gasteiger partial charge in [-0.15, -0.1) is 0 Å². The number of hydrogen-bond acceptors (Lipinski definition) is 5. The average Bonchev–Trinajstić information content (AvgIpc) is 2.58. The number of aromatic nitrogens is 1. The first-order valence-corrected chi connectivity index (χ1v) is 9.95. The predicted molar refractivity (Wildman–Crippen MR) is 87.3 cm³/mol. The van der Waals surface area contributed by atoms with E-state index in [4.69, 9.17) is 0 Å². The Balaban J connectivity index is 1.75. The number of rotatable bonds is 3. The van der Waals surface area contributed by atoms with Gasteiger partial charge in [0, 0.05) is 38.3 Å². The second kappa shape index (κ2) is 7.10. The van der Waals surface area contributed by atoms with E-state index < -0.39 is 31.8 Å². The molecule has 0 unspecified atom stereocenters. The number of carbonyl (C=O) groups excluding carboxylic acids is 2. The molecule has 3 rings (SSSR count). The molecule has 0 atom stereocenters. The van der Waals surface area contributed by atoms with E-state index in [2.05, 4.69) is 4.98 Å². The van der Waals surface area contributed by atoms with Gasteiger partial charge in [0.05, 0.1) is 5.56 Å². The second-order valence-electron chi connectivity index (χ2n) is 6.55. The minimum Gasteiger partial charge on any atom is -0.339 e. The normalized spacial score (nSPS) is 18.9. The van der Waals surface area contributed by atoms with Crippen LogP contribution in [0.3, 0.4) is 0 Å². The van der Waals surface area contributed by atoms with Crippen LogP contribution in [0.2, 0.25) is 0 Å². The Bertz CT molecular complexity index is 845. The zero-order valence-electron chi connectivity index (χ0n) is 14.3. The number of alkyl halides is 3. The van der Waals surface area contributed by atoms with Crippen LogP contribution in [0, 0.1) is 5.92 Å². The van der Waals surface area contributed by atoms with Gasteiger partial charge in [-0.25, -0.2) is 13.4 Å². The van der Waals surface area contributed by atoms with E-state index in [0.29, 0.717) is 0 Å². The molecule has 7 nitrogen and oxygen atoms in total. The van der Waals surface area contributed by atoms with Crippen LogP contribution in [0.1, 0.15) is 29.6 Å². The molecular weight excluding hydrogens is 387 g/mol. The second-order valence-corrected chi connectivity index (χ2v) is 8.41. The van der Waals surface area contributed by atoms with Gasteiger partial charge in [-0.3, -0.25) is 9.59 Å². The van der Waals surface area contributed by atoms with E-state index in [1.807, 2.05) is 0 Å². The van der Waals surface area contributed by atoms with Gasteiger partial charge in [-0.1, -0.05) is 6.42 Å². The lowest BCUT2D eigenvalue weighted by atomic mass is 9.84. The summed E-state index contributed by atoms with van der Waals surface area (Å²) >= 11 is 0. The average molecular weight is 405 g/mol. The standard InChI is InChI=1S/C16H18F3N3O4S/c17-16(18,19)27(25,26)13-12(5-2-6-20-13)15(24)22-9-7-21(8-10-22)14(23)11-3-1-4-11/h2,5-6,11H,1,3-4,7-10H2. The molecule has 11 heteroatoms. The molecule has 0 radical (unpaired) electrons. The van der Waals surface area contributed by atoms with Gasteiger partial charge in [0.2, 0.25) is 5.91 Å². The van der Waals surface area contributed by atoms with Crippen molar-refractivity contribution in [2.75, 3.05) is 26.2 Å². The number of hydrogen-bond donors (Lipinski definition) is 0. The Morgan fingerprint density at radius 3 is 2.19 bits per heavy atom. The highest BCUT2D eigenvalue weighted by atomic mass is 32.2. The SMILES string of the molecule is O=C(c1cccnc1S(=O)(=O)C(F)(F)F)N1CCN(C(=O)C2CCC2)CC1. The number of halogens is 3. The molecule has 0 bridgehead atoms. The van der Waals surface area contributed by atoms with Crippen molar-refractivity contribution in [1.82, 2.24) is 14.8 Å². The topological polar surface area (TPSA) is 87.6 Å². The molecule has 1 aromatic heterocycles. The molecule has 0 N–H and O–H groups in total. The zero-order chi connectivity index (χ0) is 19.8. The molecule has 1 saturated heterocycles. The summed E-state index contributed by atoms with van der Waals surface area (Å²) in [6.07, 6.45) is 3.62. The number of carbonyl (C=O) groups is 2. The van der Waals surface area contributed by atoms with Gasteiger partial charge in [0.1, 0.15) is 0 Å².